The highest BCUT2D eigenvalue weighted by atomic mass is 16.5. The fraction of sp³-hybridized carbons (Fsp3) is 0.440. The minimum absolute atomic E-state index is 0.0171. The van der Waals surface area contributed by atoms with Gasteiger partial charge in [-0.3, -0.25) is 9.78 Å². The van der Waals surface area contributed by atoms with Gasteiger partial charge in [0, 0.05) is 45.3 Å². The largest absolute Gasteiger partial charge is 0.378 e. The number of nitrogens with one attached hydrogen (secondary N) is 1. The van der Waals surface area contributed by atoms with E-state index in [4.69, 9.17) is 4.74 Å². The number of ether oxygens (including phenoxy) is 1. The minimum atomic E-state index is -0.345. The average molecular weight is 489 g/mol. The molecule has 6 rings (SSSR count). The Balaban J connectivity index is 1.17. The predicted octanol–water partition coefficient (Wildman–Crippen LogP) is 2.13. The van der Waals surface area contributed by atoms with Crippen molar-refractivity contribution in [2.45, 2.75) is 38.8 Å². The third kappa shape index (κ3) is 4.41. The van der Waals surface area contributed by atoms with Gasteiger partial charge in [-0.25, -0.2) is 9.78 Å². The molecule has 3 aromatic rings. The van der Waals surface area contributed by atoms with Gasteiger partial charge >= 0.3 is 6.03 Å². The van der Waals surface area contributed by atoms with E-state index in [9.17, 15) is 9.59 Å². The topological polar surface area (TPSA) is 118 Å². The maximum atomic E-state index is 13.0. The number of nitrogens with zero attached hydrogens (tertiary/aromatic N) is 7. The first-order valence-corrected chi connectivity index (χ1v) is 12.5. The number of amides is 3. The van der Waals surface area contributed by atoms with Crippen LogP contribution >= 0.6 is 0 Å². The van der Waals surface area contributed by atoms with Crippen LogP contribution in [0.25, 0.3) is 11.5 Å². The van der Waals surface area contributed by atoms with Crippen LogP contribution in [-0.4, -0.2) is 79.3 Å². The molecule has 0 aliphatic carbocycles. The lowest BCUT2D eigenvalue weighted by molar-refractivity contribution is 0.0421. The standard InChI is InChI=1S/C25H28N8O3/c34-24(28-21-5-3-4-19(27-21)23-30-29-22-6-1-2-8-33(22)23)20-14-18-16-32(9-7-17(18)15-26-20)25(35)31-10-12-36-13-11-31/h3-5,14-15H,1-2,6-13,16H2,(H,27,28,34). The first-order chi connectivity index (χ1) is 17.7. The van der Waals surface area contributed by atoms with Crippen LogP contribution in [-0.2, 0) is 30.7 Å². The van der Waals surface area contributed by atoms with E-state index in [2.05, 4.69) is 30.0 Å². The summed E-state index contributed by atoms with van der Waals surface area (Å²) >= 11 is 0. The summed E-state index contributed by atoms with van der Waals surface area (Å²) in [7, 11) is 0. The fourth-order valence-electron chi connectivity index (χ4n) is 4.99. The van der Waals surface area contributed by atoms with Crippen molar-refractivity contribution in [3.63, 3.8) is 0 Å². The molecule has 3 amide bonds. The van der Waals surface area contributed by atoms with Crippen molar-refractivity contribution in [2.24, 2.45) is 0 Å². The summed E-state index contributed by atoms with van der Waals surface area (Å²) < 4.78 is 7.46. The summed E-state index contributed by atoms with van der Waals surface area (Å²) in [5.74, 6) is 1.78. The van der Waals surface area contributed by atoms with Crippen LogP contribution in [0, 0.1) is 0 Å². The molecule has 1 N–H and O–H groups in total. The van der Waals surface area contributed by atoms with Gasteiger partial charge in [-0.1, -0.05) is 6.07 Å². The number of anilines is 1. The molecule has 1 saturated heterocycles. The van der Waals surface area contributed by atoms with Gasteiger partial charge in [-0.15, -0.1) is 10.2 Å². The van der Waals surface area contributed by atoms with Crippen molar-refractivity contribution in [1.29, 1.82) is 0 Å². The van der Waals surface area contributed by atoms with E-state index in [-0.39, 0.29) is 11.9 Å². The lowest BCUT2D eigenvalue weighted by atomic mass is 10.0. The van der Waals surface area contributed by atoms with E-state index in [1.165, 1.54) is 0 Å². The second-order valence-electron chi connectivity index (χ2n) is 9.30. The minimum Gasteiger partial charge on any atom is -0.378 e. The molecular formula is C25H28N8O3. The summed E-state index contributed by atoms with van der Waals surface area (Å²) in [4.78, 5) is 38.6. The number of carbonyl (C=O) groups is 2. The summed E-state index contributed by atoms with van der Waals surface area (Å²) in [6, 6.07) is 7.26. The summed E-state index contributed by atoms with van der Waals surface area (Å²) in [6.07, 6.45) is 5.59. The van der Waals surface area contributed by atoms with Crippen LogP contribution in [0.1, 0.15) is 40.3 Å². The van der Waals surface area contributed by atoms with Crippen molar-refractivity contribution in [3.8, 4) is 11.5 Å². The maximum absolute atomic E-state index is 13.0. The Labute approximate surface area is 208 Å². The Morgan fingerprint density at radius 3 is 2.72 bits per heavy atom. The highest BCUT2D eigenvalue weighted by Gasteiger charge is 2.27. The van der Waals surface area contributed by atoms with Crippen molar-refractivity contribution in [2.75, 3.05) is 38.2 Å². The van der Waals surface area contributed by atoms with Crippen LogP contribution in [0.3, 0.4) is 0 Å². The van der Waals surface area contributed by atoms with E-state index in [0.29, 0.717) is 63.0 Å². The Morgan fingerprint density at radius 2 is 1.83 bits per heavy atom. The van der Waals surface area contributed by atoms with Gasteiger partial charge in [0.2, 0.25) is 0 Å². The Morgan fingerprint density at radius 1 is 0.944 bits per heavy atom. The number of morpholine rings is 1. The van der Waals surface area contributed by atoms with E-state index in [0.717, 1.165) is 48.6 Å². The second-order valence-corrected chi connectivity index (χ2v) is 9.30. The molecule has 3 aliphatic rings. The molecular weight excluding hydrogens is 460 g/mol. The summed E-state index contributed by atoms with van der Waals surface area (Å²) in [5, 5.41) is 11.5. The number of urea groups is 1. The quantitative estimate of drug-likeness (QED) is 0.600. The fourth-order valence-corrected chi connectivity index (χ4v) is 4.99. The van der Waals surface area contributed by atoms with Crippen molar-refractivity contribution in [1.82, 2.24) is 34.5 Å². The lowest BCUT2D eigenvalue weighted by Crippen LogP contribution is -2.49. The van der Waals surface area contributed by atoms with Gasteiger partial charge in [0.05, 0.1) is 13.2 Å². The molecule has 3 aliphatic heterocycles. The van der Waals surface area contributed by atoms with Gasteiger partial charge in [-0.2, -0.15) is 0 Å². The molecule has 0 saturated carbocycles. The first-order valence-electron chi connectivity index (χ1n) is 12.5. The van der Waals surface area contributed by atoms with Gasteiger partial charge in [0.1, 0.15) is 23.0 Å². The zero-order valence-electron chi connectivity index (χ0n) is 20.0. The molecule has 0 bridgehead atoms. The highest BCUT2D eigenvalue weighted by Crippen LogP contribution is 2.24. The van der Waals surface area contributed by atoms with Gasteiger partial charge < -0.3 is 24.4 Å². The second kappa shape index (κ2) is 9.65. The number of hydrogen-bond donors (Lipinski definition) is 1. The van der Waals surface area contributed by atoms with Crippen molar-refractivity contribution >= 4 is 17.8 Å². The monoisotopic (exact) mass is 488 g/mol. The average Bonchev–Trinajstić information content (AvgIpc) is 3.37. The molecule has 1 fully saturated rings. The number of fused-ring (bicyclic) bond motifs is 2. The van der Waals surface area contributed by atoms with Gasteiger partial charge in [0.25, 0.3) is 5.91 Å². The molecule has 0 unspecified atom stereocenters. The van der Waals surface area contributed by atoms with Crippen molar-refractivity contribution < 1.29 is 14.3 Å². The molecule has 0 radical (unpaired) electrons. The first kappa shape index (κ1) is 22.6. The van der Waals surface area contributed by atoms with Crippen LogP contribution in [0.4, 0.5) is 10.6 Å². The van der Waals surface area contributed by atoms with Gasteiger partial charge in [-0.05, 0) is 48.6 Å². The number of carbonyl (C=O) groups excluding carboxylic acids is 2. The predicted molar refractivity (Wildman–Crippen MR) is 130 cm³/mol. The summed E-state index contributed by atoms with van der Waals surface area (Å²) in [6.45, 7) is 4.32. The molecule has 0 aromatic carbocycles. The molecule has 0 atom stereocenters. The smallest absolute Gasteiger partial charge is 0.320 e. The van der Waals surface area contributed by atoms with Gasteiger partial charge in [0.15, 0.2) is 5.82 Å². The molecule has 0 spiro atoms. The number of rotatable bonds is 3. The van der Waals surface area contributed by atoms with Crippen LogP contribution in [0.2, 0.25) is 0 Å². The molecule has 11 heteroatoms. The Kier molecular flexibility index (Phi) is 6.06. The number of aryl methyl sites for hydroxylation is 1. The number of aromatic nitrogens is 5. The van der Waals surface area contributed by atoms with Crippen LogP contribution in [0.15, 0.2) is 30.5 Å². The SMILES string of the molecule is O=C(Nc1cccc(-c2nnc3n2CCCC3)n1)c1cc2c(cn1)CCN(C(=O)N1CCOCC1)C2. The van der Waals surface area contributed by atoms with E-state index in [1.54, 1.807) is 18.3 Å². The van der Waals surface area contributed by atoms with Crippen LogP contribution < -0.4 is 5.32 Å². The molecule has 6 heterocycles. The zero-order valence-corrected chi connectivity index (χ0v) is 20.0. The maximum Gasteiger partial charge on any atom is 0.320 e. The highest BCUT2D eigenvalue weighted by molar-refractivity contribution is 6.02. The number of hydrogen-bond acceptors (Lipinski definition) is 7. The van der Waals surface area contributed by atoms with Crippen LogP contribution in [0.5, 0.6) is 0 Å². The van der Waals surface area contributed by atoms with E-state index >= 15 is 0 Å². The third-order valence-corrected chi connectivity index (χ3v) is 6.96. The third-order valence-electron chi connectivity index (χ3n) is 6.96. The zero-order chi connectivity index (χ0) is 24.5. The lowest BCUT2D eigenvalue weighted by Gasteiger charge is -2.35. The van der Waals surface area contributed by atoms with E-state index < -0.39 is 0 Å². The number of pyridine rings is 2. The summed E-state index contributed by atoms with van der Waals surface area (Å²) in [5.41, 5.74) is 2.97. The van der Waals surface area contributed by atoms with Crippen molar-refractivity contribution in [3.05, 3.63) is 53.1 Å². The normalized spacial score (nSPS) is 17.3. The van der Waals surface area contributed by atoms with E-state index in [1.807, 2.05) is 21.9 Å². The molecule has 36 heavy (non-hydrogen) atoms. The molecule has 3 aromatic heterocycles. The molecule has 11 nitrogen and oxygen atoms in total. The molecule has 186 valence electrons. The Hall–Kier alpha value is -3.86. The Bertz CT molecular complexity index is 1300.